The molecule has 0 fully saturated rings. The Kier molecular flexibility index (Phi) is 4.12. The third-order valence-corrected chi connectivity index (χ3v) is 2.60. The Bertz CT molecular complexity index is 356. The van der Waals surface area contributed by atoms with E-state index in [-0.39, 0.29) is 5.91 Å². The minimum absolute atomic E-state index is 0.00648. The Labute approximate surface area is 96.2 Å². The highest BCUT2D eigenvalue weighted by molar-refractivity contribution is 5.81. The van der Waals surface area contributed by atoms with Crippen LogP contribution in [0.3, 0.4) is 0 Å². The van der Waals surface area contributed by atoms with E-state index in [1.54, 1.807) is 0 Å². The SMILES string of the molecule is Cc1ccc(CNC(=O)C(C)(C)CCN)o1. The van der Waals surface area contributed by atoms with Crippen molar-refractivity contribution in [2.75, 3.05) is 6.54 Å². The summed E-state index contributed by atoms with van der Waals surface area (Å²) in [7, 11) is 0. The van der Waals surface area contributed by atoms with Gasteiger partial charge in [0.15, 0.2) is 0 Å². The summed E-state index contributed by atoms with van der Waals surface area (Å²) in [5.74, 6) is 1.63. The van der Waals surface area contributed by atoms with Crippen LogP contribution in [-0.4, -0.2) is 12.5 Å². The van der Waals surface area contributed by atoms with Crippen molar-refractivity contribution < 1.29 is 9.21 Å². The molecule has 1 amide bonds. The van der Waals surface area contributed by atoms with Crippen LogP contribution < -0.4 is 11.1 Å². The van der Waals surface area contributed by atoms with E-state index in [1.807, 2.05) is 32.9 Å². The smallest absolute Gasteiger partial charge is 0.226 e. The lowest BCUT2D eigenvalue weighted by Gasteiger charge is -2.22. The molecule has 1 rings (SSSR count). The Hall–Kier alpha value is -1.29. The Morgan fingerprint density at radius 2 is 2.19 bits per heavy atom. The topological polar surface area (TPSA) is 68.3 Å². The predicted molar refractivity (Wildman–Crippen MR) is 62.7 cm³/mol. The standard InChI is InChI=1S/C12H20N2O2/c1-9-4-5-10(16-9)8-14-11(15)12(2,3)6-7-13/h4-5H,6-8,13H2,1-3H3,(H,14,15). The van der Waals surface area contributed by atoms with E-state index in [9.17, 15) is 4.79 Å². The molecule has 3 N–H and O–H groups in total. The lowest BCUT2D eigenvalue weighted by Crippen LogP contribution is -2.37. The first-order valence-corrected chi connectivity index (χ1v) is 5.49. The Morgan fingerprint density at radius 1 is 1.50 bits per heavy atom. The molecule has 1 heterocycles. The summed E-state index contributed by atoms with van der Waals surface area (Å²) in [6.07, 6.45) is 0.677. The van der Waals surface area contributed by atoms with Gasteiger partial charge in [-0.15, -0.1) is 0 Å². The van der Waals surface area contributed by atoms with E-state index in [1.165, 1.54) is 0 Å². The molecule has 0 aliphatic rings. The van der Waals surface area contributed by atoms with Gasteiger partial charge in [0.05, 0.1) is 6.54 Å². The second kappa shape index (κ2) is 5.16. The zero-order valence-corrected chi connectivity index (χ0v) is 10.2. The first-order chi connectivity index (χ1) is 7.45. The molecule has 0 spiro atoms. The lowest BCUT2D eigenvalue weighted by atomic mass is 9.88. The summed E-state index contributed by atoms with van der Waals surface area (Å²) >= 11 is 0. The number of carbonyl (C=O) groups is 1. The van der Waals surface area contributed by atoms with E-state index in [0.717, 1.165) is 11.5 Å². The molecule has 0 saturated heterocycles. The van der Waals surface area contributed by atoms with Crippen LogP contribution in [0.4, 0.5) is 0 Å². The molecule has 4 nitrogen and oxygen atoms in total. The van der Waals surface area contributed by atoms with Crippen molar-refractivity contribution in [2.45, 2.75) is 33.7 Å². The fourth-order valence-corrected chi connectivity index (χ4v) is 1.46. The highest BCUT2D eigenvalue weighted by Gasteiger charge is 2.26. The first-order valence-electron chi connectivity index (χ1n) is 5.49. The maximum absolute atomic E-state index is 11.8. The van der Waals surface area contributed by atoms with Gasteiger partial charge in [-0.1, -0.05) is 13.8 Å². The Balaban J connectivity index is 2.46. The van der Waals surface area contributed by atoms with Crippen molar-refractivity contribution in [3.63, 3.8) is 0 Å². The van der Waals surface area contributed by atoms with Gasteiger partial charge in [-0.05, 0) is 32.0 Å². The van der Waals surface area contributed by atoms with E-state index >= 15 is 0 Å². The average molecular weight is 224 g/mol. The van der Waals surface area contributed by atoms with E-state index < -0.39 is 5.41 Å². The van der Waals surface area contributed by atoms with Gasteiger partial charge in [-0.25, -0.2) is 0 Å². The minimum atomic E-state index is -0.420. The molecule has 0 aromatic carbocycles. The minimum Gasteiger partial charge on any atom is -0.465 e. The molecule has 0 unspecified atom stereocenters. The highest BCUT2D eigenvalue weighted by Crippen LogP contribution is 2.19. The van der Waals surface area contributed by atoms with E-state index in [0.29, 0.717) is 19.5 Å². The van der Waals surface area contributed by atoms with Gasteiger partial charge in [0.2, 0.25) is 5.91 Å². The second-order valence-electron chi connectivity index (χ2n) is 4.62. The van der Waals surface area contributed by atoms with Crippen LogP contribution in [0.25, 0.3) is 0 Å². The van der Waals surface area contributed by atoms with Gasteiger partial charge in [-0.3, -0.25) is 4.79 Å². The number of carbonyl (C=O) groups excluding carboxylic acids is 1. The molecule has 0 aliphatic heterocycles. The molecule has 4 heteroatoms. The molecule has 1 aromatic rings. The third kappa shape index (κ3) is 3.38. The van der Waals surface area contributed by atoms with E-state index in [2.05, 4.69) is 5.32 Å². The van der Waals surface area contributed by atoms with Crippen LogP contribution in [0.5, 0.6) is 0 Å². The molecule has 0 radical (unpaired) electrons. The summed E-state index contributed by atoms with van der Waals surface area (Å²) in [5.41, 5.74) is 5.04. The van der Waals surface area contributed by atoms with Crippen LogP contribution >= 0.6 is 0 Å². The maximum atomic E-state index is 11.8. The molecule has 0 atom stereocenters. The van der Waals surface area contributed by atoms with Gasteiger partial charge in [0.1, 0.15) is 11.5 Å². The summed E-state index contributed by atoms with van der Waals surface area (Å²) in [6, 6.07) is 3.75. The first kappa shape index (κ1) is 12.8. The summed E-state index contributed by atoms with van der Waals surface area (Å²) < 4.78 is 5.37. The fourth-order valence-electron chi connectivity index (χ4n) is 1.46. The monoisotopic (exact) mass is 224 g/mol. The number of rotatable bonds is 5. The zero-order valence-electron chi connectivity index (χ0n) is 10.2. The number of nitrogens with two attached hydrogens (primary N) is 1. The largest absolute Gasteiger partial charge is 0.465 e. The van der Waals surface area contributed by atoms with Gasteiger partial charge >= 0.3 is 0 Å². The molecule has 16 heavy (non-hydrogen) atoms. The number of hydrogen-bond acceptors (Lipinski definition) is 3. The lowest BCUT2D eigenvalue weighted by molar-refractivity contribution is -0.129. The van der Waals surface area contributed by atoms with Crippen LogP contribution in [0.15, 0.2) is 16.5 Å². The normalized spacial score (nSPS) is 11.5. The second-order valence-corrected chi connectivity index (χ2v) is 4.62. The van der Waals surface area contributed by atoms with Crippen molar-refractivity contribution in [3.8, 4) is 0 Å². The van der Waals surface area contributed by atoms with Crippen LogP contribution in [0, 0.1) is 12.3 Å². The summed E-state index contributed by atoms with van der Waals surface area (Å²) in [6.45, 7) is 6.61. The number of furan rings is 1. The number of aryl methyl sites for hydroxylation is 1. The number of amides is 1. The average Bonchev–Trinajstić information content (AvgIpc) is 2.60. The van der Waals surface area contributed by atoms with Crippen LogP contribution in [0.1, 0.15) is 31.8 Å². The predicted octanol–water partition coefficient (Wildman–Crippen LogP) is 1.58. The highest BCUT2D eigenvalue weighted by atomic mass is 16.3. The summed E-state index contributed by atoms with van der Waals surface area (Å²) in [4.78, 5) is 11.8. The van der Waals surface area contributed by atoms with E-state index in [4.69, 9.17) is 10.2 Å². The van der Waals surface area contributed by atoms with Crippen molar-refractivity contribution >= 4 is 5.91 Å². The Morgan fingerprint density at radius 3 is 2.69 bits per heavy atom. The molecule has 0 aliphatic carbocycles. The van der Waals surface area contributed by atoms with Crippen molar-refractivity contribution in [3.05, 3.63) is 23.7 Å². The quantitative estimate of drug-likeness (QED) is 0.797. The molecular weight excluding hydrogens is 204 g/mol. The molecular formula is C12H20N2O2. The van der Waals surface area contributed by atoms with Gasteiger partial charge in [0.25, 0.3) is 0 Å². The molecule has 0 saturated carbocycles. The number of nitrogens with one attached hydrogen (secondary N) is 1. The van der Waals surface area contributed by atoms with Crippen molar-refractivity contribution in [2.24, 2.45) is 11.1 Å². The van der Waals surface area contributed by atoms with Gasteiger partial charge in [0, 0.05) is 5.41 Å². The number of hydrogen-bond donors (Lipinski definition) is 2. The van der Waals surface area contributed by atoms with Crippen LogP contribution in [-0.2, 0) is 11.3 Å². The zero-order chi connectivity index (χ0) is 12.2. The fraction of sp³-hybridized carbons (Fsp3) is 0.583. The third-order valence-electron chi connectivity index (χ3n) is 2.60. The van der Waals surface area contributed by atoms with Gasteiger partial charge in [-0.2, -0.15) is 0 Å². The maximum Gasteiger partial charge on any atom is 0.226 e. The molecule has 1 aromatic heterocycles. The van der Waals surface area contributed by atoms with Crippen molar-refractivity contribution in [1.29, 1.82) is 0 Å². The summed E-state index contributed by atoms with van der Waals surface area (Å²) in [5, 5.41) is 2.85. The molecule has 90 valence electrons. The van der Waals surface area contributed by atoms with Crippen molar-refractivity contribution in [1.82, 2.24) is 5.32 Å². The van der Waals surface area contributed by atoms with Crippen LogP contribution in [0.2, 0.25) is 0 Å². The van der Waals surface area contributed by atoms with Gasteiger partial charge < -0.3 is 15.5 Å². The molecule has 0 bridgehead atoms.